The van der Waals surface area contributed by atoms with Gasteiger partial charge in [0.25, 0.3) is 0 Å². The number of halogens is 3. The van der Waals surface area contributed by atoms with Gasteiger partial charge in [-0.25, -0.2) is 0 Å². The fraction of sp³-hybridized carbons (Fsp3) is 0.333. The van der Waals surface area contributed by atoms with Gasteiger partial charge in [0.05, 0.1) is 6.61 Å². The third-order valence-electron chi connectivity index (χ3n) is 1.80. The van der Waals surface area contributed by atoms with E-state index in [1.807, 2.05) is 0 Å². The van der Waals surface area contributed by atoms with Gasteiger partial charge in [0.15, 0.2) is 11.5 Å². The average Bonchev–Trinajstić information content (AvgIpc) is 2.24. The van der Waals surface area contributed by atoms with Crippen molar-refractivity contribution in [1.29, 1.82) is 0 Å². The van der Waals surface area contributed by atoms with Gasteiger partial charge in [-0.05, 0) is 18.6 Å². The minimum absolute atomic E-state index is 0.0573. The molecule has 0 saturated carbocycles. The number of para-hydroxylation sites is 2. The third kappa shape index (κ3) is 5.16. The van der Waals surface area contributed by atoms with Gasteiger partial charge in [-0.3, -0.25) is 0 Å². The number of alkyl halides is 3. The number of hydrogen-bond acceptors (Lipinski definition) is 2. The molecule has 0 unspecified atom stereocenters. The molecule has 0 aliphatic heterocycles. The van der Waals surface area contributed by atoms with Gasteiger partial charge in [0, 0.05) is 6.42 Å². The van der Waals surface area contributed by atoms with Crippen molar-refractivity contribution in [3.8, 4) is 23.8 Å². The number of hydrogen-bond donors (Lipinski definition) is 0. The van der Waals surface area contributed by atoms with E-state index in [2.05, 4.69) is 10.7 Å². The first kappa shape index (κ1) is 13.2. The highest BCUT2D eigenvalue weighted by molar-refractivity contribution is 5.39. The quantitative estimate of drug-likeness (QED) is 0.584. The Balaban J connectivity index is 2.62. The van der Waals surface area contributed by atoms with Crippen molar-refractivity contribution in [2.45, 2.75) is 19.2 Å². The maximum Gasteiger partial charge on any atom is 0.573 e. The van der Waals surface area contributed by atoms with E-state index in [0.29, 0.717) is 12.8 Å². The van der Waals surface area contributed by atoms with Gasteiger partial charge < -0.3 is 9.47 Å². The Kier molecular flexibility index (Phi) is 4.70. The van der Waals surface area contributed by atoms with Crippen molar-refractivity contribution in [2.24, 2.45) is 0 Å². The summed E-state index contributed by atoms with van der Waals surface area (Å²) in [5.41, 5.74) is 0. The lowest BCUT2D eigenvalue weighted by Crippen LogP contribution is -2.17. The molecule has 0 spiro atoms. The van der Waals surface area contributed by atoms with Gasteiger partial charge in [0.1, 0.15) is 0 Å². The van der Waals surface area contributed by atoms with E-state index in [1.165, 1.54) is 18.2 Å². The summed E-state index contributed by atoms with van der Waals surface area (Å²) in [6, 6.07) is 5.62. The smallest absolute Gasteiger partial charge is 0.490 e. The van der Waals surface area contributed by atoms with Crippen molar-refractivity contribution < 1.29 is 22.6 Å². The number of rotatable bonds is 5. The predicted molar refractivity (Wildman–Crippen MR) is 56.7 cm³/mol. The Labute approximate surface area is 97.3 Å². The SMILES string of the molecule is C#CCCCOc1ccccc1OC(F)(F)F. The molecule has 0 atom stereocenters. The zero-order valence-electron chi connectivity index (χ0n) is 8.96. The Bertz CT molecular complexity index is 393. The van der Waals surface area contributed by atoms with Crippen LogP contribution < -0.4 is 9.47 Å². The second kappa shape index (κ2) is 6.04. The summed E-state index contributed by atoms with van der Waals surface area (Å²) >= 11 is 0. The van der Waals surface area contributed by atoms with Crippen LogP contribution in [0.25, 0.3) is 0 Å². The molecule has 0 bridgehead atoms. The van der Waals surface area contributed by atoms with Crippen LogP contribution >= 0.6 is 0 Å². The average molecular weight is 244 g/mol. The minimum atomic E-state index is -4.72. The van der Waals surface area contributed by atoms with Crippen LogP contribution in [0.15, 0.2) is 24.3 Å². The summed E-state index contributed by atoms with van der Waals surface area (Å²) in [6.07, 6.45) is 1.41. The molecule has 92 valence electrons. The molecule has 0 amide bonds. The number of ether oxygens (including phenoxy) is 2. The van der Waals surface area contributed by atoms with Crippen LogP contribution in [0, 0.1) is 12.3 Å². The van der Waals surface area contributed by atoms with Crippen molar-refractivity contribution in [2.75, 3.05) is 6.61 Å². The molecule has 0 radical (unpaired) electrons. The fourth-order valence-corrected chi connectivity index (χ4v) is 1.13. The lowest BCUT2D eigenvalue weighted by atomic mass is 10.3. The minimum Gasteiger partial charge on any atom is -0.490 e. The first-order chi connectivity index (χ1) is 8.03. The number of benzene rings is 1. The van der Waals surface area contributed by atoms with Crippen LogP contribution in [0.4, 0.5) is 13.2 Å². The third-order valence-corrected chi connectivity index (χ3v) is 1.80. The lowest BCUT2D eigenvalue weighted by molar-refractivity contribution is -0.275. The van der Waals surface area contributed by atoms with Gasteiger partial charge >= 0.3 is 6.36 Å². The zero-order chi connectivity index (χ0) is 12.7. The fourth-order valence-electron chi connectivity index (χ4n) is 1.13. The van der Waals surface area contributed by atoms with Gasteiger partial charge in [-0.2, -0.15) is 0 Å². The van der Waals surface area contributed by atoms with E-state index in [1.54, 1.807) is 6.07 Å². The highest BCUT2D eigenvalue weighted by atomic mass is 19.4. The normalized spacial score (nSPS) is 10.7. The maximum atomic E-state index is 12.1. The zero-order valence-corrected chi connectivity index (χ0v) is 8.96. The van der Waals surface area contributed by atoms with E-state index < -0.39 is 6.36 Å². The molecule has 5 heteroatoms. The molecular weight excluding hydrogens is 233 g/mol. The highest BCUT2D eigenvalue weighted by Crippen LogP contribution is 2.31. The summed E-state index contributed by atoms with van der Waals surface area (Å²) in [5, 5.41) is 0. The Morgan fingerprint density at radius 3 is 2.41 bits per heavy atom. The molecule has 0 fully saturated rings. The lowest BCUT2D eigenvalue weighted by Gasteiger charge is -2.13. The van der Waals surface area contributed by atoms with Crippen molar-refractivity contribution in [1.82, 2.24) is 0 Å². The standard InChI is InChI=1S/C12H11F3O2/c1-2-3-6-9-16-10-7-4-5-8-11(10)17-12(13,14)15/h1,4-5,7-8H,3,6,9H2. The van der Waals surface area contributed by atoms with Crippen molar-refractivity contribution in [3.05, 3.63) is 24.3 Å². The van der Waals surface area contributed by atoms with Crippen LogP contribution in [0.1, 0.15) is 12.8 Å². The molecule has 1 rings (SSSR count). The Morgan fingerprint density at radius 1 is 1.18 bits per heavy atom. The van der Waals surface area contributed by atoms with E-state index in [-0.39, 0.29) is 18.1 Å². The number of terminal acetylenes is 1. The van der Waals surface area contributed by atoms with Gasteiger partial charge in [-0.1, -0.05) is 12.1 Å². The first-order valence-corrected chi connectivity index (χ1v) is 4.94. The van der Waals surface area contributed by atoms with Crippen LogP contribution in [-0.2, 0) is 0 Å². The van der Waals surface area contributed by atoms with Crippen LogP contribution in [-0.4, -0.2) is 13.0 Å². The molecule has 0 N–H and O–H groups in total. The highest BCUT2D eigenvalue weighted by Gasteiger charge is 2.32. The molecule has 0 heterocycles. The van der Waals surface area contributed by atoms with E-state index >= 15 is 0 Å². The molecule has 0 aliphatic carbocycles. The maximum absolute atomic E-state index is 12.1. The van der Waals surface area contributed by atoms with E-state index in [9.17, 15) is 13.2 Å². The summed E-state index contributed by atoms with van der Waals surface area (Å²) < 4.78 is 45.2. The Morgan fingerprint density at radius 2 is 1.82 bits per heavy atom. The van der Waals surface area contributed by atoms with Gasteiger partial charge in [0.2, 0.25) is 0 Å². The first-order valence-electron chi connectivity index (χ1n) is 4.94. The second-order valence-electron chi connectivity index (χ2n) is 3.15. The molecule has 0 aromatic heterocycles. The molecule has 1 aromatic rings. The molecule has 2 nitrogen and oxygen atoms in total. The molecule has 0 saturated heterocycles. The summed E-state index contributed by atoms with van der Waals surface area (Å²) in [6.45, 7) is 0.252. The molecule has 17 heavy (non-hydrogen) atoms. The second-order valence-corrected chi connectivity index (χ2v) is 3.15. The summed E-state index contributed by atoms with van der Waals surface area (Å²) in [7, 11) is 0. The van der Waals surface area contributed by atoms with E-state index in [4.69, 9.17) is 11.2 Å². The molecule has 1 aromatic carbocycles. The summed E-state index contributed by atoms with van der Waals surface area (Å²) in [4.78, 5) is 0. The largest absolute Gasteiger partial charge is 0.573 e. The van der Waals surface area contributed by atoms with Crippen LogP contribution in [0.2, 0.25) is 0 Å². The predicted octanol–water partition coefficient (Wildman–Crippen LogP) is 3.38. The Hall–Kier alpha value is -1.83. The number of unbranched alkanes of at least 4 members (excludes halogenated alkanes) is 1. The molecular formula is C12H11F3O2. The van der Waals surface area contributed by atoms with Crippen molar-refractivity contribution in [3.63, 3.8) is 0 Å². The van der Waals surface area contributed by atoms with Gasteiger partial charge in [-0.15, -0.1) is 25.5 Å². The molecule has 0 aliphatic rings. The summed E-state index contributed by atoms with van der Waals surface area (Å²) in [5.74, 6) is 2.13. The van der Waals surface area contributed by atoms with Crippen LogP contribution in [0.3, 0.4) is 0 Å². The van der Waals surface area contributed by atoms with Crippen LogP contribution in [0.5, 0.6) is 11.5 Å². The van der Waals surface area contributed by atoms with E-state index in [0.717, 1.165) is 0 Å². The van der Waals surface area contributed by atoms with Crippen molar-refractivity contribution >= 4 is 0 Å². The topological polar surface area (TPSA) is 18.5 Å². The monoisotopic (exact) mass is 244 g/mol.